The average Bonchev–Trinajstić information content (AvgIpc) is 2.91. The molecule has 2 amide bonds. The predicted octanol–water partition coefficient (Wildman–Crippen LogP) is 0.995. The summed E-state index contributed by atoms with van der Waals surface area (Å²) in [5.41, 5.74) is 6.16. The van der Waals surface area contributed by atoms with Crippen LogP contribution in [0, 0.1) is 6.92 Å². The number of halogens is 1. The molecule has 1 heterocycles. The monoisotopic (exact) mass is 418 g/mol. The van der Waals surface area contributed by atoms with Crippen molar-refractivity contribution in [2.75, 3.05) is 31.5 Å². The number of nitrogens with one attached hydrogen (secondary N) is 2. The Labute approximate surface area is 166 Å². The number of hydrogen-bond donors (Lipinski definition) is 3. The number of hydrogen-bond acceptors (Lipinski definition) is 5. The summed E-state index contributed by atoms with van der Waals surface area (Å²) in [5.74, 6) is -0.887. The number of rotatable bonds is 6. The molecule has 0 atom stereocenters. The molecule has 0 unspecified atom stereocenters. The Balaban J connectivity index is 0.00000364. The molecule has 0 bridgehead atoms. The van der Waals surface area contributed by atoms with E-state index in [1.165, 1.54) is 10.4 Å². The lowest BCUT2D eigenvalue weighted by molar-refractivity contribution is -0.123. The maximum Gasteiger partial charge on any atom is 0.243 e. The second-order valence-electron chi connectivity index (χ2n) is 6.33. The molecule has 0 radical (unpaired) electrons. The van der Waals surface area contributed by atoms with Crippen LogP contribution in [0.2, 0.25) is 0 Å². The second-order valence-corrected chi connectivity index (χ2v) is 8.23. The number of carbonyl (C=O) groups is 2. The standard InChI is InChI=1S/C17H26N4O4S.ClH/c1-13-6-7-14(20-17(23)12-19-16(22)11-18)10-15(13)26(24,25)21-8-4-2-3-5-9-21;/h6-7,10H,2-5,8-9,11-12,18H2,1H3,(H,19,22)(H,20,23);1H. The molecule has 1 fully saturated rings. The Hall–Kier alpha value is -1.68. The van der Waals surface area contributed by atoms with Crippen LogP contribution in [0.15, 0.2) is 23.1 Å². The first kappa shape index (κ1) is 23.4. The lowest BCUT2D eigenvalue weighted by Crippen LogP contribution is -2.36. The summed E-state index contributed by atoms with van der Waals surface area (Å²) in [4.78, 5) is 23.2. The molecule has 1 aromatic rings. The highest BCUT2D eigenvalue weighted by Gasteiger charge is 2.27. The van der Waals surface area contributed by atoms with Crippen molar-refractivity contribution in [2.24, 2.45) is 5.73 Å². The van der Waals surface area contributed by atoms with Crippen LogP contribution in [0.3, 0.4) is 0 Å². The first-order chi connectivity index (χ1) is 12.3. The summed E-state index contributed by atoms with van der Waals surface area (Å²) in [7, 11) is -3.61. The summed E-state index contributed by atoms with van der Waals surface area (Å²) in [5, 5.41) is 4.96. The number of carbonyl (C=O) groups excluding carboxylic acids is 2. The third-order valence-corrected chi connectivity index (χ3v) is 6.33. The van der Waals surface area contributed by atoms with Crippen molar-refractivity contribution < 1.29 is 18.0 Å². The van der Waals surface area contributed by atoms with Gasteiger partial charge in [0.15, 0.2) is 0 Å². The molecule has 27 heavy (non-hydrogen) atoms. The number of amides is 2. The van der Waals surface area contributed by atoms with Gasteiger partial charge in [0, 0.05) is 18.8 Å². The summed E-state index contributed by atoms with van der Waals surface area (Å²) >= 11 is 0. The Bertz CT molecular complexity index is 762. The van der Waals surface area contributed by atoms with E-state index in [9.17, 15) is 18.0 Å². The second kappa shape index (κ2) is 10.6. The number of anilines is 1. The van der Waals surface area contributed by atoms with Crippen molar-refractivity contribution in [3.63, 3.8) is 0 Å². The van der Waals surface area contributed by atoms with Crippen molar-refractivity contribution in [3.05, 3.63) is 23.8 Å². The molecule has 1 aliphatic heterocycles. The van der Waals surface area contributed by atoms with Gasteiger partial charge in [0.1, 0.15) is 0 Å². The number of nitrogens with two attached hydrogens (primary N) is 1. The van der Waals surface area contributed by atoms with Crippen molar-refractivity contribution >= 4 is 39.9 Å². The Morgan fingerprint density at radius 1 is 1.11 bits per heavy atom. The Morgan fingerprint density at radius 2 is 1.74 bits per heavy atom. The highest BCUT2D eigenvalue weighted by molar-refractivity contribution is 7.89. The van der Waals surface area contributed by atoms with Crippen LogP contribution in [0.1, 0.15) is 31.2 Å². The zero-order valence-corrected chi connectivity index (χ0v) is 17.0. The minimum Gasteiger partial charge on any atom is -0.346 e. The number of benzene rings is 1. The lowest BCUT2D eigenvalue weighted by atomic mass is 10.2. The first-order valence-corrected chi connectivity index (χ1v) is 10.2. The molecule has 0 aromatic heterocycles. The van der Waals surface area contributed by atoms with Gasteiger partial charge in [-0.3, -0.25) is 9.59 Å². The van der Waals surface area contributed by atoms with Gasteiger partial charge in [0.25, 0.3) is 0 Å². The van der Waals surface area contributed by atoms with Gasteiger partial charge in [-0.25, -0.2) is 8.42 Å². The SMILES string of the molecule is Cc1ccc(NC(=O)CNC(=O)CN)cc1S(=O)(=O)N1CCCCCC1.Cl. The largest absolute Gasteiger partial charge is 0.346 e. The van der Waals surface area contributed by atoms with Gasteiger partial charge >= 0.3 is 0 Å². The van der Waals surface area contributed by atoms with Gasteiger partial charge in [-0.1, -0.05) is 18.9 Å². The summed E-state index contributed by atoms with van der Waals surface area (Å²) in [6.45, 7) is 2.35. The topological polar surface area (TPSA) is 122 Å². The van der Waals surface area contributed by atoms with Gasteiger partial charge in [0.2, 0.25) is 21.8 Å². The Morgan fingerprint density at radius 3 is 2.33 bits per heavy atom. The molecule has 0 saturated carbocycles. The van der Waals surface area contributed by atoms with Crippen molar-refractivity contribution in [1.82, 2.24) is 9.62 Å². The molecule has 1 aliphatic rings. The first-order valence-electron chi connectivity index (χ1n) is 8.72. The van der Waals surface area contributed by atoms with Crippen LogP contribution in [0.5, 0.6) is 0 Å². The molecule has 1 aromatic carbocycles. The minimum absolute atomic E-state index is 0. The van der Waals surface area contributed by atoms with E-state index in [1.54, 1.807) is 19.1 Å². The number of sulfonamides is 1. The average molecular weight is 419 g/mol. The van der Waals surface area contributed by atoms with E-state index < -0.39 is 21.8 Å². The number of aryl methyl sites for hydroxylation is 1. The summed E-state index contributed by atoms with van der Waals surface area (Å²) < 4.78 is 27.5. The van der Waals surface area contributed by atoms with Crippen LogP contribution in [-0.2, 0) is 19.6 Å². The van der Waals surface area contributed by atoms with E-state index in [0.29, 0.717) is 24.3 Å². The third-order valence-electron chi connectivity index (χ3n) is 4.29. The molecule has 152 valence electrons. The van der Waals surface area contributed by atoms with E-state index in [-0.39, 0.29) is 30.4 Å². The fraction of sp³-hybridized carbons (Fsp3) is 0.529. The van der Waals surface area contributed by atoms with E-state index in [2.05, 4.69) is 10.6 Å². The molecule has 2 rings (SSSR count). The fourth-order valence-corrected chi connectivity index (χ4v) is 4.60. The fourth-order valence-electron chi connectivity index (χ4n) is 2.83. The molecule has 10 heteroatoms. The minimum atomic E-state index is -3.61. The highest BCUT2D eigenvalue weighted by atomic mass is 35.5. The van der Waals surface area contributed by atoms with E-state index in [4.69, 9.17) is 5.73 Å². The van der Waals surface area contributed by atoms with Crippen LogP contribution in [0.25, 0.3) is 0 Å². The van der Waals surface area contributed by atoms with Crippen molar-refractivity contribution in [3.8, 4) is 0 Å². The molecular formula is C17H27ClN4O4S. The summed E-state index contributed by atoms with van der Waals surface area (Å²) in [6, 6.07) is 4.77. The lowest BCUT2D eigenvalue weighted by Gasteiger charge is -2.21. The maximum atomic E-state index is 13.0. The quantitative estimate of drug-likeness (QED) is 0.636. The summed E-state index contributed by atoms with van der Waals surface area (Å²) in [6.07, 6.45) is 3.79. The molecule has 4 N–H and O–H groups in total. The van der Waals surface area contributed by atoms with E-state index >= 15 is 0 Å². The highest BCUT2D eigenvalue weighted by Crippen LogP contribution is 2.25. The van der Waals surface area contributed by atoms with Crippen LogP contribution >= 0.6 is 12.4 Å². The van der Waals surface area contributed by atoms with Crippen LogP contribution in [0.4, 0.5) is 5.69 Å². The Kier molecular flexibility index (Phi) is 9.17. The van der Waals surface area contributed by atoms with Gasteiger partial charge in [-0.2, -0.15) is 4.31 Å². The number of nitrogens with zero attached hydrogens (tertiary/aromatic N) is 1. The zero-order valence-electron chi connectivity index (χ0n) is 15.4. The van der Waals surface area contributed by atoms with Gasteiger partial charge in [0.05, 0.1) is 18.0 Å². The van der Waals surface area contributed by atoms with Crippen molar-refractivity contribution in [1.29, 1.82) is 0 Å². The smallest absolute Gasteiger partial charge is 0.243 e. The van der Waals surface area contributed by atoms with E-state index in [0.717, 1.165) is 25.7 Å². The zero-order chi connectivity index (χ0) is 19.2. The maximum absolute atomic E-state index is 13.0. The molecule has 0 aliphatic carbocycles. The molecule has 1 saturated heterocycles. The molecular weight excluding hydrogens is 392 g/mol. The van der Waals surface area contributed by atoms with Gasteiger partial charge < -0.3 is 16.4 Å². The predicted molar refractivity (Wildman–Crippen MR) is 106 cm³/mol. The molecule has 8 nitrogen and oxygen atoms in total. The van der Waals surface area contributed by atoms with Gasteiger partial charge in [-0.05, 0) is 37.5 Å². The van der Waals surface area contributed by atoms with Crippen LogP contribution in [-0.4, -0.2) is 50.7 Å². The van der Waals surface area contributed by atoms with Gasteiger partial charge in [-0.15, -0.1) is 12.4 Å². The molecule has 0 spiro atoms. The van der Waals surface area contributed by atoms with Crippen molar-refractivity contribution in [2.45, 2.75) is 37.5 Å². The third kappa shape index (κ3) is 6.46. The van der Waals surface area contributed by atoms with E-state index in [1.807, 2.05) is 0 Å². The van der Waals surface area contributed by atoms with Crippen LogP contribution < -0.4 is 16.4 Å². The normalized spacial score (nSPS) is 15.3.